The highest BCUT2D eigenvalue weighted by Gasteiger charge is 2.33. The molecule has 1 aromatic carbocycles. The predicted octanol–water partition coefficient (Wildman–Crippen LogP) is 2.82. The fourth-order valence-electron chi connectivity index (χ4n) is 2.69. The van der Waals surface area contributed by atoms with Crippen LogP contribution in [0.25, 0.3) is 0 Å². The van der Waals surface area contributed by atoms with Crippen LogP contribution in [0.4, 0.5) is 13.6 Å². The van der Waals surface area contributed by atoms with E-state index in [2.05, 4.69) is 5.32 Å². The average molecular weight is 310 g/mol. The number of ether oxygens (including phenoxy) is 1. The third kappa shape index (κ3) is 3.74. The van der Waals surface area contributed by atoms with Gasteiger partial charge in [-0.1, -0.05) is 6.07 Å². The lowest BCUT2D eigenvalue weighted by Crippen LogP contribution is -2.43. The van der Waals surface area contributed by atoms with E-state index in [0.29, 0.717) is 12.1 Å². The van der Waals surface area contributed by atoms with E-state index < -0.39 is 11.6 Å². The van der Waals surface area contributed by atoms with E-state index in [-0.39, 0.29) is 24.7 Å². The first kappa shape index (κ1) is 15.2. The lowest BCUT2D eigenvalue weighted by Gasteiger charge is -2.24. The molecule has 1 unspecified atom stereocenters. The summed E-state index contributed by atoms with van der Waals surface area (Å²) in [5.74, 6) is -1.22. The monoisotopic (exact) mass is 310 g/mol. The smallest absolute Gasteiger partial charge is 0.318 e. The van der Waals surface area contributed by atoms with E-state index >= 15 is 0 Å². The summed E-state index contributed by atoms with van der Waals surface area (Å²) < 4.78 is 32.2. The van der Waals surface area contributed by atoms with Gasteiger partial charge in [0.15, 0.2) is 0 Å². The number of hydrogen-bond acceptors (Lipinski definition) is 2. The Balaban J connectivity index is 1.60. The largest absolute Gasteiger partial charge is 0.376 e. The molecule has 4 nitrogen and oxygen atoms in total. The third-order valence-corrected chi connectivity index (χ3v) is 4.11. The van der Waals surface area contributed by atoms with Crippen LogP contribution in [0.3, 0.4) is 0 Å². The van der Waals surface area contributed by atoms with Gasteiger partial charge >= 0.3 is 6.03 Å². The van der Waals surface area contributed by atoms with Crippen LogP contribution in [0.15, 0.2) is 18.2 Å². The van der Waals surface area contributed by atoms with E-state index in [1.165, 1.54) is 12.1 Å². The molecule has 3 rings (SSSR count). The first-order valence-corrected chi connectivity index (χ1v) is 7.73. The molecule has 0 spiro atoms. The van der Waals surface area contributed by atoms with Crippen LogP contribution >= 0.6 is 0 Å². The number of amides is 2. The molecular weight excluding hydrogens is 290 g/mol. The first-order chi connectivity index (χ1) is 10.6. The molecule has 2 amide bonds. The Morgan fingerprint density at radius 2 is 2.14 bits per heavy atom. The maximum absolute atomic E-state index is 13.8. The molecule has 22 heavy (non-hydrogen) atoms. The zero-order valence-electron chi connectivity index (χ0n) is 12.4. The molecule has 120 valence electrons. The van der Waals surface area contributed by atoms with Crippen LogP contribution in [0.2, 0.25) is 0 Å². The summed E-state index contributed by atoms with van der Waals surface area (Å²) in [7, 11) is 0. The van der Waals surface area contributed by atoms with Crippen molar-refractivity contribution in [2.45, 2.75) is 44.4 Å². The molecule has 1 aliphatic heterocycles. The van der Waals surface area contributed by atoms with Crippen LogP contribution in [0.5, 0.6) is 0 Å². The molecular formula is C16H20F2N2O2. The number of hydrogen-bond donors (Lipinski definition) is 1. The van der Waals surface area contributed by atoms with Crippen molar-refractivity contribution in [2.24, 2.45) is 0 Å². The Bertz CT molecular complexity index is 543. The Kier molecular flexibility index (Phi) is 4.57. The minimum Gasteiger partial charge on any atom is -0.376 e. The standard InChI is InChI=1S/C16H20F2N2O2/c17-12-4-3-11(15(18)8-12)10-20(13-5-6-13)16(21)19-9-14-2-1-7-22-14/h3-4,8,13-14H,1-2,5-7,9-10H2,(H,19,21). The van der Waals surface area contributed by atoms with Crippen molar-refractivity contribution in [1.29, 1.82) is 0 Å². The Labute approximate surface area is 128 Å². The van der Waals surface area contributed by atoms with Crippen LogP contribution in [-0.2, 0) is 11.3 Å². The second-order valence-electron chi connectivity index (χ2n) is 5.92. The second kappa shape index (κ2) is 6.60. The normalized spacial score (nSPS) is 20.9. The van der Waals surface area contributed by atoms with Gasteiger partial charge < -0.3 is 15.0 Å². The van der Waals surface area contributed by atoms with E-state index in [9.17, 15) is 13.6 Å². The summed E-state index contributed by atoms with van der Waals surface area (Å²) in [6.07, 6.45) is 3.91. The van der Waals surface area contributed by atoms with Crippen LogP contribution in [-0.4, -0.2) is 36.2 Å². The molecule has 1 aromatic rings. The Hall–Kier alpha value is -1.69. The summed E-state index contributed by atoms with van der Waals surface area (Å²) >= 11 is 0. The van der Waals surface area contributed by atoms with Crippen molar-refractivity contribution in [3.05, 3.63) is 35.4 Å². The molecule has 2 aliphatic rings. The highest BCUT2D eigenvalue weighted by atomic mass is 19.1. The number of carbonyl (C=O) groups is 1. The quantitative estimate of drug-likeness (QED) is 0.908. The maximum atomic E-state index is 13.8. The van der Waals surface area contributed by atoms with E-state index in [4.69, 9.17) is 4.74 Å². The average Bonchev–Trinajstić information content (AvgIpc) is 3.19. The molecule has 1 atom stereocenters. The van der Waals surface area contributed by atoms with Gasteiger partial charge in [0.2, 0.25) is 0 Å². The fraction of sp³-hybridized carbons (Fsp3) is 0.562. The van der Waals surface area contributed by atoms with Crippen molar-refractivity contribution in [3.8, 4) is 0 Å². The zero-order valence-corrected chi connectivity index (χ0v) is 12.4. The SMILES string of the molecule is O=C(NCC1CCCO1)N(Cc1ccc(F)cc1F)C1CC1. The molecule has 0 bridgehead atoms. The number of halogens is 2. The molecule has 6 heteroatoms. The molecule has 0 radical (unpaired) electrons. The summed E-state index contributed by atoms with van der Waals surface area (Å²) in [6.45, 7) is 1.38. The van der Waals surface area contributed by atoms with Crippen molar-refractivity contribution in [3.63, 3.8) is 0 Å². The van der Waals surface area contributed by atoms with Gasteiger partial charge in [-0.2, -0.15) is 0 Å². The first-order valence-electron chi connectivity index (χ1n) is 7.73. The molecule has 1 saturated heterocycles. The summed E-state index contributed by atoms with van der Waals surface area (Å²) in [4.78, 5) is 14.0. The fourth-order valence-corrected chi connectivity index (χ4v) is 2.69. The minimum atomic E-state index is -0.613. The van der Waals surface area contributed by atoms with E-state index in [1.54, 1.807) is 4.90 Å². The zero-order chi connectivity index (χ0) is 15.5. The Morgan fingerprint density at radius 1 is 1.32 bits per heavy atom. The van der Waals surface area contributed by atoms with Crippen LogP contribution < -0.4 is 5.32 Å². The number of rotatable bonds is 5. The van der Waals surface area contributed by atoms with Gasteiger partial charge in [0.1, 0.15) is 11.6 Å². The maximum Gasteiger partial charge on any atom is 0.318 e. The molecule has 1 aliphatic carbocycles. The highest BCUT2D eigenvalue weighted by Crippen LogP contribution is 2.29. The van der Waals surface area contributed by atoms with Gasteiger partial charge in [-0.25, -0.2) is 13.6 Å². The molecule has 1 N–H and O–H groups in total. The van der Waals surface area contributed by atoms with E-state index in [0.717, 1.165) is 38.4 Å². The van der Waals surface area contributed by atoms with Crippen LogP contribution in [0.1, 0.15) is 31.2 Å². The molecule has 0 aromatic heterocycles. The Morgan fingerprint density at radius 3 is 2.77 bits per heavy atom. The molecule has 1 heterocycles. The molecule has 2 fully saturated rings. The number of benzene rings is 1. The summed E-state index contributed by atoms with van der Waals surface area (Å²) in [6, 6.07) is 3.40. The number of carbonyl (C=O) groups excluding carboxylic acids is 1. The van der Waals surface area contributed by atoms with Gasteiger partial charge in [0, 0.05) is 30.8 Å². The van der Waals surface area contributed by atoms with Crippen LogP contribution in [0, 0.1) is 11.6 Å². The van der Waals surface area contributed by atoms with Gasteiger partial charge in [0.25, 0.3) is 0 Å². The highest BCUT2D eigenvalue weighted by molar-refractivity contribution is 5.75. The summed E-state index contributed by atoms with van der Waals surface area (Å²) in [5.41, 5.74) is 0.334. The minimum absolute atomic E-state index is 0.0764. The summed E-state index contributed by atoms with van der Waals surface area (Å²) in [5, 5.41) is 2.86. The van der Waals surface area contributed by atoms with Gasteiger partial charge in [0.05, 0.1) is 12.6 Å². The molecule has 1 saturated carbocycles. The van der Waals surface area contributed by atoms with Gasteiger partial charge in [-0.05, 0) is 31.7 Å². The number of nitrogens with one attached hydrogen (secondary N) is 1. The topological polar surface area (TPSA) is 41.6 Å². The van der Waals surface area contributed by atoms with Crippen molar-refractivity contribution >= 4 is 6.03 Å². The van der Waals surface area contributed by atoms with Crippen molar-refractivity contribution < 1.29 is 18.3 Å². The third-order valence-electron chi connectivity index (χ3n) is 4.11. The predicted molar refractivity (Wildman–Crippen MR) is 77.3 cm³/mol. The number of urea groups is 1. The lowest BCUT2D eigenvalue weighted by molar-refractivity contribution is 0.108. The van der Waals surface area contributed by atoms with Gasteiger partial charge in [-0.3, -0.25) is 0 Å². The van der Waals surface area contributed by atoms with Crippen molar-refractivity contribution in [2.75, 3.05) is 13.2 Å². The number of nitrogens with zero attached hydrogens (tertiary/aromatic N) is 1. The second-order valence-corrected chi connectivity index (χ2v) is 5.92. The van der Waals surface area contributed by atoms with Crippen molar-refractivity contribution in [1.82, 2.24) is 10.2 Å². The van der Waals surface area contributed by atoms with E-state index in [1.807, 2.05) is 0 Å². The van der Waals surface area contributed by atoms with Gasteiger partial charge in [-0.15, -0.1) is 0 Å². The lowest BCUT2D eigenvalue weighted by atomic mass is 10.2.